The molecule has 0 saturated carbocycles. The van der Waals surface area contributed by atoms with E-state index in [0.29, 0.717) is 0 Å². The van der Waals surface area contributed by atoms with E-state index >= 15 is 0 Å². The average molecular weight is 737 g/mol. The maximum Gasteiger partial charge on any atom is 0.0540 e. The van der Waals surface area contributed by atoms with Crippen molar-refractivity contribution in [3.8, 4) is 0 Å². The second kappa shape index (κ2) is 12.9. The molecule has 0 aliphatic rings. The van der Waals surface area contributed by atoms with Crippen molar-refractivity contribution in [3.05, 3.63) is 218 Å². The van der Waals surface area contributed by atoms with Crippen molar-refractivity contribution in [3.63, 3.8) is 0 Å². The molecule has 58 heavy (non-hydrogen) atoms. The third-order valence-electron chi connectivity index (χ3n) is 12.0. The molecule has 0 N–H and O–H groups in total. The summed E-state index contributed by atoms with van der Waals surface area (Å²) >= 11 is 0. The normalized spacial score (nSPS) is 11.8. The van der Waals surface area contributed by atoms with Crippen LogP contribution in [0.25, 0.3) is 75.4 Å². The van der Waals surface area contributed by atoms with Crippen molar-refractivity contribution < 1.29 is 0 Å². The van der Waals surface area contributed by atoms with Crippen LogP contribution in [0.1, 0.15) is 0 Å². The highest BCUT2D eigenvalue weighted by Gasteiger charge is 2.22. The van der Waals surface area contributed by atoms with Gasteiger partial charge in [0.05, 0.1) is 11.4 Å². The predicted molar refractivity (Wildman–Crippen MR) is 250 cm³/mol. The fourth-order valence-corrected chi connectivity index (χ4v) is 9.30. The summed E-state index contributed by atoms with van der Waals surface area (Å²) in [6, 6.07) is 80.3. The number of nitrogens with zero attached hydrogens (tertiary/aromatic N) is 2. The molecule has 0 bridgehead atoms. The lowest BCUT2D eigenvalue weighted by Crippen LogP contribution is -2.11. The largest absolute Gasteiger partial charge is 0.310 e. The molecule has 0 aromatic heterocycles. The van der Waals surface area contributed by atoms with Gasteiger partial charge in [-0.15, -0.1) is 0 Å². The van der Waals surface area contributed by atoms with Gasteiger partial charge in [0.1, 0.15) is 0 Å². The minimum absolute atomic E-state index is 1.12. The van der Waals surface area contributed by atoms with Crippen LogP contribution in [0.3, 0.4) is 0 Å². The van der Waals surface area contributed by atoms with E-state index in [-0.39, 0.29) is 0 Å². The molecule has 0 aliphatic carbocycles. The van der Waals surface area contributed by atoms with E-state index in [0.717, 1.165) is 34.1 Å². The molecule has 0 spiro atoms. The quantitative estimate of drug-likeness (QED) is 0.124. The number of benzene rings is 12. The van der Waals surface area contributed by atoms with Gasteiger partial charge in [-0.1, -0.05) is 133 Å². The van der Waals surface area contributed by atoms with E-state index in [1.54, 1.807) is 0 Å². The molecule has 0 fully saturated rings. The third kappa shape index (κ3) is 5.19. The van der Waals surface area contributed by atoms with Crippen LogP contribution < -0.4 is 9.80 Å². The van der Waals surface area contributed by atoms with Crippen LogP contribution in [-0.4, -0.2) is 0 Å². The Morgan fingerprint density at radius 1 is 0.207 bits per heavy atom. The number of rotatable bonds is 6. The third-order valence-corrected chi connectivity index (χ3v) is 12.0. The Labute approximate surface area is 336 Å². The molecule has 0 amide bonds. The van der Waals surface area contributed by atoms with Crippen molar-refractivity contribution >= 4 is 110 Å². The molecule has 12 aromatic carbocycles. The Kier molecular flexibility index (Phi) is 7.26. The van der Waals surface area contributed by atoms with Crippen molar-refractivity contribution in [2.24, 2.45) is 0 Å². The van der Waals surface area contributed by atoms with E-state index in [1.807, 2.05) is 0 Å². The lowest BCUT2D eigenvalue weighted by molar-refractivity contribution is 1.30. The lowest BCUT2D eigenvalue weighted by atomic mass is 9.91. The number of fused-ring (bicyclic) bond motifs is 4. The number of anilines is 6. The van der Waals surface area contributed by atoms with E-state index in [4.69, 9.17) is 0 Å². The molecule has 2 nitrogen and oxygen atoms in total. The van der Waals surface area contributed by atoms with Gasteiger partial charge in [0.15, 0.2) is 0 Å². The van der Waals surface area contributed by atoms with Crippen LogP contribution in [0.2, 0.25) is 0 Å². The zero-order chi connectivity index (χ0) is 38.2. The summed E-state index contributed by atoms with van der Waals surface area (Å²) in [5.74, 6) is 0. The Balaban J connectivity index is 1.08. The highest BCUT2D eigenvalue weighted by molar-refractivity contribution is 6.28. The fourth-order valence-electron chi connectivity index (χ4n) is 9.30. The van der Waals surface area contributed by atoms with Crippen LogP contribution in [0.15, 0.2) is 218 Å². The summed E-state index contributed by atoms with van der Waals surface area (Å²) in [4.78, 5) is 4.85. The Morgan fingerprint density at radius 3 is 0.948 bits per heavy atom. The summed E-state index contributed by atoms with van der Waals surface area (Å²) in [6.07, 6.45) is 0. The van der Waals surface area contributed by atoms with Gasteiger partial charge in [0.25, 0.3) is 0 Å². The SMILES string of the molecule is c1ccc(N(c2ccc3cc4ccccc4cc3c2)c2ccc3ccc4ccc(N(c5ccccc5)c5ccc6cc7ccccc7cc6c5)c5ccc2c3c45)cc1. The number of hydrogen-bond acceptors (Lipinski definition) is 2. The van der Waals surface area contributed by atoms with Crippen molar-refractivity contribution in [2.45, 2.75) is 0 Å². The Bertz CT molecular complexity index is 3280. The van der Waals surface area contributed by atoms with E-state index in [2.05, 4.69) is 228 Å². The van der Waals surface area contributed by atoms with Gasteiger partial charge in [-0.25, -0.2) is 0 Å². The molecule has 0 radical (unpaired) electrons. The topological polar surface area (TPSA) is 6.48 Å². The molecule has 0 heterocycles. The van der Waals surface area contributed by atoms with Gasteiger partial charge in [0.2, 0.25) is 0 Å². The van der Waals surface area contributed by atoms with Crippen molar-refractivity contribution in [2.75, 3.05) is 9.80 Å². The molecule has 12 aromatic rings. The average Bonchev–Trinajstić information content (AvgIpc) is 3.28. The zero-order valence-electron chi connectivity index (χ0n) is 31.7. The Hall–Kier alpha value is -7.68. The first kappa shape index (κ1) is 32.6. The molecular formula is C56H36N2. The smallest absolute Gasteiger partial charge is 0.0540 e. The van der Waals surface area contributed by atoms with E-state index in [1.165, 1.54) is 75.4 Å². The molecule has 270 valence electrons. The lowest BCUT2D eigenvalue weighted by Gasteiger charge is -2.29. The first-order valence-corrected chi connectivity index (χ1v) is 20.0. The summed E-state index contributed by atoms with van der Waals surface area (Å²) < 4.78 is 0. The number of hydrogen-bond donors (Lipinski definition) is 0. The second-order valence-electron chi connectivity index (χ2n) is 15.4. The first-order chi connectivity index (χ1) is 28.7. The predicted octanol–water partition coefficient (Wildman–Crippen LogP) is 16.1. The van der Waals surface area contributed by atoms with Crippen LogP contribution in [-0.2, 0) is 0 Å². The molecule has 0 saturated heterocycles. The summed E-state index contributed by atoms with van der Waals surface area (Å²) in [7, 11) is 0. The molecule has 2 heteroatoms. The van der Waals surface area contributed by atoms with E-state index < -0.39 is 0 Å². The molecule has 0 atom stereocenters. The highest BCUT2D eigenvalue weighted by atomic mass is 15.1. The van der Waals surface area contributed by atoms with Crippen LogP contribution in [0, 0.1) is 0 Å². The van der Waals surface area contributed by atoms with Crippen LogP contribution in [0.5, 0.6) is 0 Å². The van der Waals surface area contributed by atoms with Crippen LogP contribution >= 0.6 is 0 Å². The summed E-state index contributed by atoms with van der Waals surface area (Å²) in [6.45, 7) is 0. The zero-order valence-corrected chi connectivity index (χ0v) is 31.7. The first-order valence-electron chi connectivity index (χ1n) is 20.0. The van der Waals surface area contributed by atoms with Crippen molar-refractivity contribution in [1.82, 2.24) is 0 Å². The maximum atomic E-state index is 2.43. The van der Waals surface area contributed by atoms with Crippen molar-refractivity contribution in [1.29, 1.82) is 0 Å². The highest BCUT2D eigenvalue weighted by Crippen LogP contribution is 2.48. The van der Waals surface area contributed by atoms with Gasteiger partial charge < -0.3 is 9.80 Å². The Morgan fingerprint density at radius 2 is 0.534 bits per heavy atom. The fraction of sp³-hybridized carbons (Fsp3) is 0. The van der Waals surface area contributed by atoms with Crippen LogP contribution in [0.4, 0.5) is 34.1 Å². The van der Waals surface area contributed by atoms with E-state index in [9.17, 15) is 0 Å². The maximum absolute atomic E-state index is 2.43. The van der Waals surface area contributed by atoms with Gasteiger partial charge in [-0.3, -0.25) is 0 Å². The van der Waals surface area contributed by atoms with Gasteiger partial charge in [0, 0.05) is 33.5 Å². The summed E-state index contributed by atoms with van der Waals surface area (Å²) in [5, 5.41) is 17.4. The molecule has 0 aliphatic heterocycles. The standard InChI is InChI=1S/C56H36N2/c1-3-15-47(16-4-1)57(49-25-21-43-31-39-11-7-9-13-41(39)33-45(43)35-49)53-29-23-37-19-20-38-24-30-54(52-28-27-51(53)55(37)56(38)52)58(48-17-5-2-6-18-48)50-26-22-44-32-40-12-8-10-14-42(40)34-46(44)36-50/h1-36H. The molecule has 0 unspecified atom stereocenters. The summed E-state index contributed by atoms with van der Waals surface area (Å²) in [5.41, 5.74) is 6.81. The van der Waals surface area contributed by atoms with Gasteiger partial charge in [-0.05, 0) is 150 Å². The minimum atomic E-state index is 1.12. The second-order valence-corrected chi connectivity index (χ2v) is 15.4. The number of para-hydroxylation sites is 2. The van der Waals surface area contributed by atoms with Gasteiger partial charge >= 0.3 is 0 Å². The molecular weight excluding hydrogens is 701 g/mol. The molecule has 12 rings (SSSR count). The minimum Gasteiger partial charge on any atom is -0.310 e. The van der Waals surface area contributed by atoms with Gasteiger partial charge in [-0.2, -0.15) is 0 Å². The monoisotopic (exact) mass is 736 g/mol.